The molecule has 0 bridgehead atoms. The Labute approximate surface area is 156 Å². The second kappa shape index (κ2) is 8.83. The van der Waals surface area contributed by atoms with Gasteiger partial charge in [-0.15, -0.1) is 0 Å². The topological polar surface area (TPSA) is 92.4 Å². The van der Waals surface area contributed by atoms with Gasteiger partial charge in [0.25, 0.3) is 0 Å². The van der Waals surface area contributed by atoms with E-state index in [-0.39, 0.29) is 18.6 Å². The molecular weight excluding hydrogens is 334 g/mol. The minimum atomic E-state index is -0.961. The Morgan fingerprint density at radius 2 is 2.08 bits per heavy atom. The fourth-order valence-electron chi connectivity index (χ4n) is 3.42. The number of rotatable bonds is 7. The Balaban J connectivity index is 1.81. The minimum Gasteiger partial charge on any atom is -0.396 e. The van der Waals surface area contributed by atoms with Gasteiger partial charge in [-0.05, 0) is 26.7 Å². The van der Waals surface area contributed by atoms with Crippen LogP contribution in [0.25, 0.3) is 0 Å². The number of nitrogens with two attached hydrogens (primary N) is 1. The van der Waals surface area contributed by atoms with Crippen LogP contribution in [0.1, 0.15) is 33.6 Å². The minimum absolute atomic E-state index is 0.0200. The first-order chi connectivity index (χ1) is 12.3. The highest BCUT2D eigenvalue weighted by Gasteiger charge is 2.31. The summed E-state index contributed by atoms with van der Waals surface area (Å²) in [4.78, 5) is 21.2. The fourth-order valence-corrected chi connectivity index (χ4v) is 3.42. The number of methoxy groups -OCH3 is 1. The molecule has 8 nitrogen and oxygen atoms in total. The predicted octanol–water partition coefficient (Wildman–Crippen LogP) is 0.500. The first-order valence-corrected chi connectivity index (χ1v) is 9.18. The molecular formula is C18H33N5O3. The van der Waals surface area contributed by atoms with Crippen molar-refractivity contribution in [3.63, 3.8) is 0 Å². The van der Waals surface area contributed by atoms with Crippen molar-refractivity contribution in [3.8, 4) is 0 Å². The van der Waals surface area contributed by atoms with Crippen LogP contribution in [0.4, 0.5) is 0 Å². The molecule has 0 saturated carbocycles. The van der Waals surface area contributed by atoms with Crippen LogP contribution in [-0.2, 0) is 14.3 Å². The second-order valence-electron chi connectivity index (χ2n) is 7.20. The quantitative estimate of drug-likeness (QED) is 0.681. The number of hydrogen-bond donors (Lipinski definition) is 2. The molecule has 2 aliphatic rings. The highest BCUT2D eigenvalue weighted by Crippen LogP contribution is 2.20. The van der Waals surface area contributed by atoms with Gasteiger partial charge in [-0.2, -0.15) is 0 Å². The zero-order chi connectivity index (χ0) is 19.3. The number of carbonyl (C=O) groups is 1. The Morgan fingerprint density at radius 3 is 2.65 bits per heavy atom. The molecule has 0 spiro atoms. The maximum Gasteiger partial charge on any atom is 0.248 e. The molecule has 26 heavy (non-hydrogen) atoms. The van der Waals surface area contributed by atoms with Crippen molar-refractivity contribution in [1.29, 1.82) is 0 Å². The maximum absolute atomic E-state index is 12.6. The van der Waals surface area contributed by atoms with E-state index in [2.05, 4.69) is 15.2 Å². The second-order valence-corrected chi connectivity index (χ2v) is 7.20. The highest BCUT2D eigenvalue weighted by atomic mass is 16.5. The Hall–Kier alpha value is -1.64. The Morgan fingerprint density at radius 1 is 1.42 bits per heavy atom. The summed E-state index contributed by atoms with van der Waals surface area (Å²) in [5.74, 6) is -0.992. The molecule has 2 rings (SSSR count). The molecule has 0 aromatic rings. The average Bonchev–Trinajstić information content (AvgIpc) is 2.62. The van der Waals surface area contributed by atoms with Gasteiger partial charge in [0, 0.05) is 52.5 Å². The molecule has 2 heterocycles. The van der Waals surface area contributed by atoms with Crippen LogP contribution in [0, 0.1) is 0 Å². The van der Waals surface area contributed by atoms with E-state index < -0.39 is 5.85 Å². The number of nitrogens with zero attached hydrogens (tertiary/aromatic N) is 3. The summed E-state index contributed by atoms with van der Waals surface area (Å²) in [6.07, 6.45) is 1.94. The van der Waals surface area contributed by atoms with Gasteiger partial charge in [0.05, 0.1) is 18.0 Å². The number of nitrogens with one attached hydrogen (secondary N) is 1. The van der Waals surface area contributed by atoms with Gasteiger partial charge < -0.3 is 30.3 Å². The molecule has 1 unspecified atom stereocenters. The summed E-state index contributed by atoms with van der Waals surface area (Å²) in [5, 5.41) is 3.13. The fraction of sp³-hybridized carbons (Fsp3) is 0.778. The van der Waals surface area contributed by atoms with Gasteiger partial charge in [0.1, 0.15) is 6.61 Å². The molecule has 0 aliphatic carbocycles. The number of likely N-dealkylation sites (N-methyl/N-ethyl adjacent to an activating group) is 1. The van der Waals surface area contributed by atoms with Crippen LogP contribution in [0.2, 0.25) is 0 Å². The van der Waals surface area contributed by atoms with Crippen molar-refractivity contribution in [3.05, 3.63) is 11.4 Å². The van der Waals surface area contributed by atoms with Crippen LogP contribution in [0.5, 0.6) is 0 Å². The molecule has 1 amide bonds. The first-order valence-electron chi connectivity index (χ1n) is 9.18. The van der Waals surface area contributed by atoms with E-state index in [9.17, 15) is 4.79 Å². The zero-order valence-electron chi connectivity index (χ0n) is 16.7. The standard InChI is InChI=1S/C18H33N5O3/c1-13-17(19)14(2)21-18(3,20-13)26-12-16(24)22(4)15-6-8-23(9-7-15)10-11-25-5/h15,20H,6-12,19H2,1-5H3. The van der Waals surface area contributed by atoms with Crippen LogP contribution < -0.4 is 11.1 Å². The number of hydrogen-bond acceptors (Lipinski definition) is 7. The smallest absolute Gasteiger partial charge is 0.248 e. The third kappa shape index (κ3) is 5.18. The summed E-state index contributed by atoms with van der Waals surface area (Å²) in [6, 6.07) is 0.250. The predicted molar refractivity (Wildman–Crippen MR) is 102 cm³/mol. The molecule has 1 saturated heterocycles. The molecule has 2 aliphatic heterocycles. The van der Waals surface area contributed by atoms with Crippen molar-refractivity contribution in [2.75, 3.05) is 47.0 Å². The van der Waals surface area contributed by atoms with Crippen molar-refractivity contribution in [2.24, 2.45) is 10.7 Å². The number of ether oxygens (including phenoxy) is 2. The number of carbonyl (C=O) groups excluding carboxylic acids is 1. The van der Waals surface area contributed by atoms with Crippen molar-refractivity contribution in [2.45, 2.75) is 45.5 Å². The van der Waals surface area contributed by atoms with Crippen LogP contribution in [0.15, 0.2) is 16.4 Å². The summed E-state index contributed by atoms with van der Waals surface area (Å²) >= 11 is 0. The van der Waals surface area contributed by atoms with Crippen molar-refractivity contribution in [1.82, 2.24) is 15.1 Å². The van der Waals surface area contributed by atoms with Gasteiger partial charge in [-0.1, -0.05) is 0 Å². The van der Waals surface area contributed by atoms with Crippen molar-refractivity contribution < 1.29 is 14.3 Å². The molecule has 0 aromatic carbocycles. The molecule has 148 valence electrons. The van der Waals surface area contributed by atoms with E-state index in [1.165, 1.54) is 0 Å². The van der Waals surface area contributed by atoms with E-state index in [1.807, 2.05) is 25.8 Å². The third-order valence-corrected chi connectivity index (χ3v) is 5.18. The number of aliphatic imine (C=N–C) groups is 1. The van der Waals surface area contributed by atoms with E-state index >= 15 is 0 Å². The Kier molecular flexibility index (Phi) is 7.02. The van der Waals surface area contributed by atoms with Crippen LogP contribution in [-0.4, -0.2) is 80.3 Å². The lowest BCUT2D eigenvalue weighted by molar-refractivity contribution is -0.145. The first kappa shape index (κ1) is 20.7. The van der Waals surface area contributed by atoms with E-state index in [4.69, 9.17) is 15.2 Å². The van der Waals surface area contributed by atoms with Gasteiger partial charge in [-0.25, -0.2) is 4.99 Å². The van der Waals surface area contributed by atoms with Crippen LogP contribution in [0.3, 0.4) is 0 Å². The Bertz CT molecular complexity index is 569. The summed E-state index contributed by atoms with van der Waals surface area (Å²) in [5.41, 5.74) is 8.08. The molecule has 8 heteroatoms. The molecule has 1 fully saturated rings. The van der Waals surface area contributed by atoms with Crippen LogP contribution >= 0.6 is 0 Å². The lowest BCUT2D eigenvalue weighted by atomic mass is 10.0. The maximum atomic E-state index is 12.6. The lowest BCUT2D eigenvalue weighted by Gasteiger charge is -2.37. The highest BCUT2D eigenvalue weighted by molar-refractivity contribution is 5.98. The summed E-state index contributed by atoms with van der Waals surface area (Å²) in [6.45, 7) is 9.16. The normalized spacial score (nSPS) is 25.0. The molecule has 0 aromatic heterocycles. The van der Waals surface area contributed by atoms with Gasteiger partial charge >= 0.3 is 0 Å². The number of allylic oxidation sites excluding steroid dienone is 2. The SMILES string of the molecule is COCCN1CCC(N(C)C(=O)COC2(C)N=C(C)C(N)=C(C)N2)CC1. The van der Waals surface area contributed by atoms with E-state index in [0.717, 1.165) is 44.8 Å². The monoisotopic (exact) mass is 367 g/mol. The summed E-state index contributed by atoms with van der Waals surface area (Å²) < 4.78 is 10.9. The molecule has 1 atom stereocenters. The van der Waals surface area contributed by atoms with E-state index in [1.54, 1.807) is 14.0 Å². The third-order valence-electron chi connectivity index (χ3n) is 5.18. The summed E-state index contributed by atoms with van der Waals surface area (Å²) in [7, 11) is 3.58. The van der Waals surface area contributed by atoms with E-state index in [0.29, 0.717) is 11.4 Å². The van der Waals surface area contributed by atoms with Gasteiger partial charge in [0.2, 0.25) is 11.8 Å². The largest absolute Gasteiger partial charge is 0.396 e. The number of piperidine rings is 1. The van der Waals surface area contributed by atoms with Crippen molar-refractivity contribution >= 4 is 11.6 Å². The molecule has 0 radical (unpaired) electrons. The number of likely N-dealkylation sites (tertiary alicyclic amines) is 1. The number of amides is 1. The molecule has 3 N–H and O–H groups in total. The lowest BCUT2D eigenvalue weighted by Crippen LogP contribution is -2.50. The average molecular weight is 367 g/mol. The van der Waals surface area contributed by atoms with Gasteiger partial charge in [0.15, 0.2) is 0 Å². The zero-order valence-corrected chi connectivity index (χ0v) is 16.7. The van der Waals surface area contributed by atoms with Gasteiger partial charge in [-0.3, -0.25) is 4.79 Å².